The third-order valence-corrected chi connectivity index (χ3v) is 4.33. The maximum Gasteiger partial charge on any atom is 0.253 e. The van der Waals surface area contributed by atoms with Crippen molar-refractivity contribution in [3.05, 3.63) is 45.8 Å². The molecule has 1 aromatic heterocycles. The number of halogens is 1. The molecular weight excluding hydrogens is 409 g/mol. The zero-order chi connectivity index (χ0) is 16.2. The summed E-state index contributed by atoms with van der Waals surface area (Å²) in [5.41, 5.74) is 0.701. The van der Waals surface area contributed by atoms with Crippen LogP contribution in [0.25, 0.3) is 0 Å². The highest BCUT2D eigenvalue weighted by atomic mass is 127. The highest BCUT2D eigenvalue weighted by Crippen LogP contribution is 2.20. The van der Waals surface area contributed by atoms with Crippen LogP contribution in [-0.2, 0) is 0 Å². The Kier molecular flexibility index (Phi) is 4.94. The van der Waals surface area contributed by atoms with Gasteiger partial charge in [0.15, 0.2) is 0 Å². The fraction of sp³-hybridized carbons (Fsp3) is 0.312. The van der Waals surface area contributed by atoms with Crippen molar-refractivity contribution in [2.45, 2.75) is 12.5 Å². The SMILES string of the molecule is COc1cncc(OC2CCN(C(=O)c3ccc(I)cc3)C2)n1. The average Bonchev–Trinajstić information content (AvgIpc) is 3.03. The fourth-order valence-electron chi connectivity index (χ4n) is 2.44. The Hall–Kier alpha value is -1.90. The van der Waals surface area contributed by atoms with Crippen LogP contribution in [0.2, 0.25) is 0 Å². The molecule has 6 nitrogen and oxygen atoms in total. The Labute approximate surface area is 148 Å². The molecule has 120 valence electrons. The quantitative estimate of drug-likeness (QED) is 0.705. The Bertz CT molecular complexity index is 693. The highest BCUT2D eigenvalue weighted by molar-refractivity contribution is 14.1. The molecule has 0 radical (unpaired) electrons. The van der Waals surface area contributed by atoms with Crippen molar-refractivity contribution in [3.8, 4) is 11.8 Å². The number of aromatic nitrogens is 2. The van der Waals surface area contributed by atoms with E-state index >= 15 is 0 Å². The molecular formula is C16H16IN3O3. The van der Waals surface area contributed by atoms with E-state index in [2.05, 4.69) is 32.6 Å². The van der Waals surface area contributed by atoms with Crippen molar-refractivity contribution in [1.82, 2.24) is 14.9 Å². The second-order valence-corrected chi connectivity index (χ2v) is 6.43. The fourth-order valence-corrected chi connectivity index (χ4v) is 2.80. The van der Waals surface area contributed by atoms with Crippen LogP contribution in [0.4, 0.5) is 0 Å². The van der Waals surface area contributed by atoms with Gasteiger partial charge in [0.25, 0.3) is 5.91 Å². The van der Waals surface area contributed by atoms with Gasteiger partial charge in [-0.3, -0.25) is 9.78 Å². The Morgan fingerprint density at radius 1 is 1.26 bits per heavy atom. The Morgan fingerprint density at radius 3 is 2.74 bits per heavy atom. The first-order valence-corrected chi connectivity index (χ1v) is 8.31. The van der Waals surface area contributed by atoms with Gasteiger partial charge in [-0.15, -0.1) is 0 Å². The van der Waals surface area contributed by atoms with Gasteiger partial charge in [-0.05, 0) is 46.9 Å². The monoisotopic (exact) mass is 425 g/mol. The van der Waals surface area contributed by atoms with Crippen molar-refractivity contribution < 1.29 is 14.3 Å². The van der Waals surface area contributed by atoms with Crippen LogP contribution in [0.1, 0.15) is 16.8 Å². The molecule has 1 aromatic carbocycles. The maximum atomic E-state index is 12.5. The van der Waals surface area contributed by atoms with Crippen LogP contribution >= 0.6 is 22.6 Å². The molecule has 0 aliphatic carbocycles. The second kappa shape index (κ2) is 7.12. The number of rotatable bonds is 4. The van der Waals surface area contributed by atoms with E-state index in [1.54, 1.807) is 11.1 Å². The third kappa shape index (κ3) is 3.90. The lowest BCUT2D eigenvalue weighted by Crippen LogP contribution is -2.31. The number of nitrogens with zero attached hydrogens (tertiary/aromatic N) is 3. The first-order chi connectivity index (χ1) is 11.2. The van der Waals surface area contributed by atoms with Crippen LogP contribution < -0.4 is 9.47 Å². The number of hydrogen-bond donors (Lipinski definition) is 0. The lowest BCUT2D eigenvalue weighted by molar-refractivity contribution is 0.0771. The van der Waals surface area contributed by atoms with Crippen molar-refractivity contribution in [2.75, 3.05) is 20.2 Å². The van der Waals surface area contributed by atoms with Gasteiger partial charge in [0.2, 0.25) is 11.8 Å². The summed E-state index contributed by atoms with van der Waals surface area (Å²) in [6.07, 6.45) is 3.76. The number of carbonyl (C=O) groups is 1. The number of carbonyl (C=O) groups excluding carboxylic acids is 1. The lowest BCUT2D eigenvalue weighted by Gasteiger charge is -2.17. The first-order valence-electron chi connectivity index (χ1n) is 7.23. The summed E-state index contributed by atoms with van der Waals surface area (Å²) in [6, 6.07) is 7.57. The Morgan fingerprint density at radius 2 is 2.00 bits per heavy atom. The van der Waals surface area contributed by atoms with Gasteiger partial charge in [-0.2, -0.15) is 4.98 Å². The smallest absolute Gasteiger partial charge is 0.253 e. The number of likely N-dealkylation sites (tertiary alicyclic amines) is 1. The highest BCUT2D eigenvalue weighted by Gasteiger charge is 2.28. The number of benzene rings is 1. The van der Waals surface area contributed by atoms with Gasteiger partial charge in [0.05, 0.1) is 26.0 Å². The maximum absolute atomic E-state index is 12.5. The molecule has 1 aliphatic rings. The van der Waals surface area contributed by atoms with Gasteiger partial charge in [-0.1, -0.05) is 0 Å². The molecule has 23 heavy (non-hydrogen) atoms. The predicted molar refractivity (Wildman–Crippen MR) is 92.7 cm³/mol. The zero-order valence-electron chi connectivity index (χ0n) is 12.6. The molecule has 1 fully saturated rings. The second-order valence-electron chi connectivity index (χ2n) is 5.19. The van der Waals surface area contributed by atoms with Crippen molar-refractivity contribution in [2.24, 2.45) is 0 Å². The molecule has 1 saturated heterocycles. The minimum atomic E-state index is -0.0794. The van der Waals surface area contributed by atoms with Crippen LogP contribution in [0, 0.1) is 3.57 Å². The Balaban J connectivity index is 1.61. The molecule has 1 atom stereocenters. The summed E-state index contributed by atoms with van der Waals surface area (Å²) in [5.74, 6) is 0.856. The van der Waals surface area contributed by atoms with E-state index in [1.165, 1.54) is 13.3 Å². The van der Waals surface area contributed by atoms with Crippen molar-refractivity contribution >= 4 is 28.5 Å². The molecule has 3 rings (SSSR count). The topological polar surface area (TPSA) is 64.6 Å². The van der Waals surface area contributed by atoms with Gasteiger partial charge < -0.3 is 14.4 Å². The molecule has 0 bridgehead atoms. The zero-order valence-corrected chi connectivity index (χ0v) is 14.8. The molecule has 1 amide bonds. The van der Waals surface area contributed by atoms with Gasteiger partial charge in [0.1, 0.15) is 6.10 Å². The van der Waals surface area contributed by atoms with Crippen LogP contribution in [0.15, 0.2) is 36.7 Å². The van der Waals surface area contributed by atoms with Crippen molar-refractivity contribution in [3.63, 3.8) is 0 Å². The van der Waals surface area contributed by atoms with Crippen LogP contribution in [0.5, 0.6) is 11.8 Å². The number of hydrogen-bond acceptors (Lipinski definition) is 5. The number of methoxy groups -OCH3 is 1. The summed E-state index contributed by atoms with van der Waals surface area (Å²) in [6.45, 7) is 1.22. The number of amides is 1. The van der Waals surface area contributed by atoms with Crippen LogP contribution in [-0.4, -0.2) is 47.1 Å². The number of ether oxygens (including phenoxy) is 2. The van der Waals surface area contributed by atoms with E-state index in [0.717, 1.165) is 9.99 Å². The molecule has 1 aliphatic heterocycles. The summed E-state index contributed by atoms with van der Waals surface area (Å²) >= 11 is 2.22. The molecule has 1 unspecified atom stereocenters. The summed E-state index contributed by atoms with van der Waals surface area (Å²) in [4.78, 5) is 22.5. The van der Waals surface area contributed by atoms with Gasteiger partial charge in [0, 0.05) is 22.1 Å². The molecule has 2 aromatic rings. The first kappa shape index (κ1) is 16.0. The van der Waals surface area contributed by atoms with Crippen molar-refractivity contribution in [1.29, 1.82) is 0 Å². The summed E-state index contributed by atoms with van der Waals surface area (Å²) in [7, 11) is 1.53. The molecule has 2 heterocycles. The largest absolute Gasteiger partial charge is 0.480 e. The van der Waals surface area contributed by atoms with E-state index in [4.69, 9.17) is 9.47 Å². The summed E-state index contributed by atoms with van der Waals surface area (Å²) in [5, 5.41) is 0. The average molecular weight is 425 g/mol. The molecule has 0 N–H and O–H groups in total. The molecule has 0 spiro atoms. The normalized spacial score (nSPS) is 17.1. The van der Waals surface area contributed by atoms with E-state index in [1.807, 2.05) is 24.3 Å². The molecule has 7 heteroatoms. The predicted octanol–water partition coefficient (Wildman–Crippen LogP) is 2.38. The minimum absolute atomic E-state index is 0.0317. The van der Waals surface area contributed by atoms with Crippen LogP contribution in [0.3, 0.4) is 0 Å². The van der Waals surface area contributed by atoms with E-state index in [9.17, 15) is 4.79 Å². The molecule has 0 saturated carbocycles. The van der Waals surface area contributed by atoms with E-state index < -0.39 is 0 Å². The standard InChI is InChI=1S/C16H16IN3O3/c1-22-14-8-18-9-15(19-14)23-13-6-7-20(10-13)16(21)11-2-4-12(17)5-3-11/h2-5,8-9,13H,6-7,10H2,1H3. The van der Waals surface area contributed by atoms with Gasteiger partial charge in [-0.25, -0.2) is 0 Å². The van der Waals surface area contributed by atoms with Gasteiger partial charge >= 0.3 is 0 Å². The van der Waals surface area contributed by atoms with E-state index in [0.29, 0.717) is 30.4 Å². The summed E-state index contributed by atoms with van der Waals surface area (Å²) < 4.78 is 11.9. The minimum Gasteiger partial charge on any atom is -0.480 e. The third-order valence-electron chi connectivity index (χ3n) is 3.61. The lowest BCUT2D eigenvalue weighted by atomic mass is 10.2. The van der Waals surface area contributed by atoms with E-state index in [-0.39, 0.29) is 12.0 Å².